The van der Waals surface area contributed by atoms with Gasteiger partial charge in [-0.3, -0.25) is 9.59 Å². The third-order valence-corrected chi connectivity index (χ3v) is 3.00. The smallest absolute Gasteiger partial charge is 0.228 e. The first kappa shape index (κ1) is 12.6. The van der Waals surface area contributed by atoms with Crippen LogP contribution in [0.25, 0.3) is 0 Å². The number of nitrogens with zero attached hydrogens (tertiary/aromatic N) is 1. The van der Waals surface area contributed by atoms with Crippen LogP contribution in [0.4, 0.5) is 11.4 Å². The number of nitrogens with one attached hydrogen (secondary N) is 1. The van der Waals surface area contributed by atoms with Crippen LogP contribution in [0.3, 0.4) is 0 Å². The summed E-state index contributed by atoms with van der Waals surface area (Å²) in [4.78, 5) is 24.5. The maximum atomic E-state index is 11.8. The highest BCUT2D eigenvalue weighted by atomic mass is 16.2. The molecule has 0 spiro atoms. The average molecular weight is 247 g/mol. The van der Waals surface area contributed by atoms with Crippen LogP contribution in [0.15, 0.2) is 18.2 Å². The van der Waals surface area contributed by atoms with Crippen LogP contribution in [0, 0.1) is 6.92 Å². The van der Waals surface area contributed by atoms with E-state index in [-0.39, 0.29) is 17.9 Å². The minimum atomic E-state index is -0.125. The third-order valence-electron chi connectivity index (χ3n) is 3.00. The second-order valence-electron chi connectivity index (χ2n) is 4.65. The van der Waals surface area contributed by atoms with Gasteiger partial charge in [0.05, 0.1) is 0 Å². The number of rotatable bonds is 2. The first-order chi connectivity index (χ1) is 8.47. The summed E-state index contributed by atoms with van der Waals surface area (Å²) in [5, 5.41) is 2.75. The molecule has 3 N–H and O–H groups in total. The predicted molar refractivity (Wildman–Crippen MR) is 70.4 cm³/mol. The Morgan fingerprint density at radius 3 is 2.78 bits per heavy atom. The van der Waals surface area contributed by atoms with Gasteiger partial charge < -0.3 is 16.0 Å². The van der Waals surface area contributed by atoms with Crippen LogP contribution in [-0.2, 0) is 9.59 Å². The van der Waals surface area contributed by atoms with Crippen molar-refractivity contribution in [3.8, 4) is 0 Å². The molecule has 1 atom stereocenters. The van der Waals surface area contributed by atoms with Crippen molar-refractivity contribution >= 4 is 23.2 Å². The molecule has 0 bridgehead atoms. The highest BCUT2D eigenvalue weighted by molar-refractivity contribution is 5.97. The van der Waals surface area contributed by atoms with E-state index in [1.165, 1.54) is 6.92 Å². The van der Waals surface area contributed by atoms with E-state index in [1.807, 2.05) is 25.1 Å². The molecule has 1 aliphatic rings. The lowest BCUT2D eigenvalue weighted by atomic mass is 10.1. The molecule has 2 rings (SSSR count). The van der Waals surface area contributed by atoms with E-state index in [9.17, 15) is 9.59 Å². The maximum Gasteiger partial charge on any atom is 0.228 e. The number of carbonyl (C=O) groups excluding carboxylic acids is 2. The molecule has 0 saturated carbocycles. The fourth-order valence-corrected chi connectivity index (χ4v) is 2.09. The first-order valence-electron chi connectivity index (χ1n) is 5.91. The zero-order valence-corrected chi connectivity index (χ0v) is 10.6. The van der Waals surface area contributed by atoms with Crippen LogP contribution in [0.2, 0.25) is 0 Å². The van der Waals surface area contributed by atoms with Crippen LogP contribution in [-0.4, -0.2) is 24.4 Å². The van der Waals surface area contributed by atoms with Crippen molar-refractivity contribution in [2.45, 2.75) is 26.3 Å². The minimum absolute atomic E-state index is 0.0279. The molecule has 5 nitrogen and oxygen atoms in total. The summed E-state index contributed by atoms with van der Waals surface area (Å²) in [7, 11) is 0. The van der Waals surface area contributed by atoms with Gasteiger partial charge in [-0.25, -0.2) is 0 Å². The Labute approximate surface area is 106 Å². The molecule has 18 heavy (non-hydrogen) atoms. The van der Waals surface area contributed by atoms with E-state index < -0.39 is 0 Å². The molecule has 0 radical (unpaired) electrons. The summed E-state index contributed by atoms with van der Waals surface area (Å²) < 4.78 is 0. The Morgan fingerprint density at radius 2 is 2.22 bits per heavy atom. The summed E-state index contributed by atoms with van der Waals surface area (Å²) in [5.41, 5.74) is 8.24. The number of amides is 2. The van der Waals surface area contributed by atoms with Crippen molar-refractivity contribution in [2.24, 2.45) is 5.73 Å². The number of hydrogen-bond donors (Lipinski definition) is 2. The number of benzene rings is 1. The highest BCUT2D eigenvalue weighted by Gasteiger charge is 2.28. The third kappa shape index (κ3) is 2.51. The van der Waals surface area contributed by atoms with E-state index in [0.29, 0.717) is 13.0 Å². The number of nitrogens with two attached hydrogens (primary N) is 1. The van der Waals surface area contributed by atoms with Crippen LogP contribution in [0.1, 0.15) is 18.9 Å². The van der Waals surface area contributed by atoms with Gasteiger partial charge in [-0.05, 0) is 24.6 Å². The Balaban J connectivity index is 2.29. The molecule has 2 amide bonds. The number of anilines is 2. The van der Waals surface area contributed by atoms with Crippen molar-refractivity contribution in [3.05, 3.63) is 23.8 Å². The lowest BCUT2D eigenvalue weighted by molar-refractivity contribution is -0.117. The Morgan fingerprint density at radius 1 is 1.50 bits per heavy atom. The SMILES string of the molecule is CC(=O)Nc1cc(N2CC(N)CC2=O)ccc1C. The molecule has 96 valence electrons. The van der Waals surface area contributed by atoms with E-state index in [4.69, 9.17) is 5.73 Å². The monoisotopic (exact) mass is 247 g/mol. The van der Waals surface area contributed by atoms with Gasteiger partial charge in [-0.1, -0.05) is 6.07 Å². The lowest BCUT2D eigenvalue weighted by Crippen LogP contribution is -2.28. The minimum Gasteiger partial charge on any atom is -0.326 e. The van der Waals surface area contributed by atoms with Gasteiger partial charge in [0.2, 0.25) is 11.8 Å². The van der Waals surface area contributed by atoms with Gasteiger partial charge in [0.25, 0.3) is 0 Å². The van der Waals surface area contributed by atoms with Crippen molar-refractivity contribution in [1.82, 2.24) is 0 Å². The van der Waals surface area contributed by atoms with Gasteiger partial charge in [0.15, 0.2) is 0 Å². The number of aryl methyl sites for hydroxylation is 1. The van der Waals surface area contributed by atoms with Gasteiger partial charge in [0.1, 0.15) is 0 Å². The second-order valence-corrected chi connectivity index (χ2v) is 4.65. The molecule has 1 aromatic carbocycles. The fourth-order valence-electron chi connectivity index (χ4n) is 2.09. The summed E-state index contributed by atoms with van der Waals surface area (Å²) >= 11 is 0. The lowest BCUT2D eigenvalue weighted by Gasteiger charge is -2.18. The molecule has 1 unspecified atom stereocenters. The molecule has 1 saturated heterocycles. The zero-order valence-electron chi connectivity index (χ0n) is 10.6. The summed E-state index contributed by atoms with van der Waals surface area (Å²) in [6.07, 6.45) is 0.378. The van der Waals surface area contributed by atoms with Crippen LogP contribution < -0.4 is 16.0 Å². The average Bonchev–Trinajstić information content (AvgIpc) is 2.60. The Bertz CT molecular complexity index is 499. The van der Waals surface area contributed by atoms with E-state index in [0.717, 1.165) is 16.9 Å². The van der Waals surface area contributed by atoms with Crippen LogP contribution >= 0.6 is 0 Å². The maximum absolute atomic E-state index is 11.8. The second kappa shape index (κ2) is 4.78. The molecule has 1 fully saturated rings. The van der Waals surface area contributed by atoms with Gasteiger partial charge in [-0.2, -0.15) is 0 Å². The Hall–Kier alpha value is -1.88. The summed E-state index contributed by atoms with van der Waals surface area (Å²) in [5.74, 6) is -0.0974. The van der Waals surface area contributed by atoms with Crippen molar-refractivity contribution in [1.29, 1.82) is 0 Å². The highest BCUT2D eigenvalue weighted by Crippen LogP contribution is 2.26. The van der Waals surface area contributed by atoms with E-state index >= 15 is 0 Å². The topological polar surface area (TPSA) is 75.4 Å². The normalized spacial score (nSPS) is 19.2. The molecular weight excluding hydrogens is 230 g/mol. The van der Waals surface area contributed by atoms with Crippen molar-refractivity contribution in [2.75, 3.05) is 16.8 Å². The largest absolute Gasteiger partial charge is 0.326 e. The number of carbonyl (C=O) groups is 2. The van der Waals surface area contributed by atoms with E-state index in [1.54, 1.807) is 4.90 Å². The molecule has 5 heteroatoms. The summed E-state index contributed by atoms with van der Waals surface area (Å²) in [6, 6.07) is 5.46. The quantitative estimate of drug-likeness (QED) is 0.819. The first-order valence-corrected chi connectivity index (χ1v) is 5.91. The van der Waals surface area contributed by atoms with Crippen LogP contribution in [0.5, 0.6) is 0 Å². The molecule has 0 aliphatic carbocycles. The predicted octanol–water partition coefficient (Wildman–Crippen LogP) is 1.02. The molecule has 1 aliphatic heterocycles. The number of hydrogen-bond acceptors (Lipinski definition) is 3. The Kier molecular flexibility index (Phi) is 3.34. The van der Waals surface area contributed by atoms with Gasteiger partial charge in [0, 0.05) is 37.3 Å². The van der Waals surface area contributed by atoms with Crippen molar-refractivity contribution in [3.63, 3.8) is 0 Å². The summed E-state index contributed by atoms with van der Waals surface area (Å²) in [6.45, 7) is 3.90. The standard InChI is InChI=1S/C13H17N3O2/c1-8-3-4-11(6-12(8)15-9(2)17)16-7-10(14)5-13(16)18/h3-4,6,10H,5,7,14H2,1-2H3,(H,15,17). The molecule has 1 aromatic rings. The fraction of sp³-hybridized carbons (Fsp3) is 0.385. The van der Waals surface area contributed by atoms with Gasteiger partial charge >= 0.3 is 0 Å². The zero-order chi connectivity index (χ0) is 13.3. The van der Waals surface area contributed by atoms with Crippen molar-refractivity contribution < 1.29 is 9.59 Å². The van der Waals surface area contributed by atoms with Gasteiger partial charge in [-0.15, -0.1) is 0 Å². The molecular formula is C13H17N3O2. The van der Waals surface area contributed by atoms with E-state index in [2.05, 4.69) is 5.32 Å². The molecule has 0 aromatic heterocycles. The molecule has 1 heterocycles.